The monoisotopic (exact) mass is 345 g/mol. The topological polar surface area (TPSA) is 61.9 Å². The third-order valence-electron chi connectivity index (χ3n) is 4.90. The minimum absolute atomic E-state index is 0.00932. The number of nitrogens with one attached hydrogen (secondary N) is 1. The van der Waals surface area contributed by atoms with Crippen LogP contribution in [0.3, 0.4) is 0 Å². The quantitative estimate of drug-likeness (QED) is 0.787. The van der Waals surface area contributed by atoms with E-state index in [2.05, 4.69) is 10.2 Å². The third kappa shape index (κ3) is 4.80. The maximum Gasteiger partial charge on any atom is 0.227 e. The average molecular weight is 345 g/mol. The van der Waals surface area contributed by atoms with Crippen LogP contribution in [0.25, 0.3) is 0 Å². The molecule has 0 spiro atoms. The van der Waals surface area contributed by atoms with Gasteiger partial charge in [0, 0.05) is 38.3 Å². The highest BCUT2D eigenvalue weighted by molar-refractivity contribution is 6.00. The van der Waals surface area contributed by atoms with Crippen LogP contribution in [0.4, 0.5) is 5.69 Å². The molecule has 0 bridgehead atoms. The summed E-state index contributed by atoms with van der Waals surface area (Å²) >= 11 is 0. The molecule has 0 radical (unpaired) electrons. The summed E-state index contributed by atoms with van der Waals surface area (Å²) in [5, 5.41) is 2.99. The van der Waals surface area contributed by atoms with Gasteiger partial charge in [0.05, 0.1) is 19.1 Å². The van der Waals surface area contributed by atoms with Gasteiger partial charge in [-0.3, -0.25) is 14.5 Å². The second-order valence-electron chi connectivity index (χ2n) is 6.84. The number of aryl methyl sites for hydroxylation is 1. The van der Waals surface area contributed by atoms with Crippen molar-refractivity contribution < 1.29 is 14.3 Å². The number of rotatable bonds is 6. The van der Waals surface area contributed by atoms with Crippen LogP contribution < -0.4 is 10.2 Å². The number of hydrogen-bond donors (Lipinski definition) is 1. The van der Waals surface area contributed by atoms with Crippen LogP contribution in [0.5, 0.6) is 0 Å². The predicted molar refractivity (Wildman–Crippen MR) is 96.5 cm³/mol. The van der Waals surface area contributed by atoms with Gasteiger partial charge in [0.15, 0.2) is 0 Å². The summed E-state index contributed by atoms with van der Waals surface area (Å²) in [6, 6.07) is 7.86. The first-order valence-corrected chi connectivity index (χ1v) is 9.08. The van der Waals surface area contributed by atoms with Gasteiger partial charge in [-0.05, 0) is 32.0 Å². The van der Waals surface area contributed by atoms with Crippen LogP contribution in [0.1, 0.15) is 18.4 Å². The number of carbonyl (C=O) groups is 2. The van der Waals surface area contributed by atoms with Crippen molar-refractivity contribution in [1.82, 2.24) is 10.2 Å². The highest BCUT2D eigenvalue weighted by atomic mass is 16.5. The molecule has 2 amide bonds. The molecule has 2 heterocycles. The molecule has 0 saturated carbocycles. The molecule has 1 atom stereocenters. The van der Waals surface area contributed by atoms with E-state index in [0.29, 0.717) is 19.5 Å². The molecule has 2 fully saturated rings. The molecule has 0 aliphatic carbocycles. The van der Waals surface area contributed by atoms with Crippen LogP contribution in [-0.2, 0) is 14.3 Å². The van der Waals surface area contributed by atoms with Gasteiger partial charge in [0.2, 0.25) is 11.8 Å². The Bertz CT molecular complexity index is 596. The highest BCUT2D eigenvalue weighted by Crippen LogP contribution is 2.25. The minimum Gasteiger partial charge on any atom is -0.379 e. The van der Waals surface area contributed by atoms with Gasteiger partial charge in [-0.15, -0.1) is 0 Å². The zero-order valence-electron chi connectivity index (χ0n) is 14.9. The van der Waals surface area contributed by atoms with E-state index in [1.807, 2.05) is 31.2 Å². The van der Waals surface area contributed by atoms with E-state index in [4.69, 9.17) is 4.74 Å². The number of nitrogens with zero attached hydrogens (tertiary/aromatic N) is 2. The normalized spacial score (nSPS) is 21.6. The summed E-state index contributed by atoms with van der Waals surface area (Å²) in [4.78, 5) is 28.7. The third-order valence-corrected chi connectivity index (χ3v) is 4.90. The number of anilines is 1. The molecular formula is C19H27N3O3. The molecule has 25 heavy (non-hydrogen) atoms. The minimum atomic E-state index is -0.253. The summed E-state index contributed by atoms with van der Waals surface area (Å²) in [5.41, 5.74) is 2.03. The van der Waals surface area contributed by atoms with Gasteiger partial charge in [0.25, 0.3) is 0 Å². The lowest BCUT2D eigenvalue weighted by atomic mass is 10.1. The Labute approximate surface area is 149 Å². The highest BCUT2D eigenvalue weighted by Gasteiger charge is 2.34. The molecule has 2 aliphatic rings. The SMILES string of the molecule is Cc1ccc(N2CC(C(=O)NCCCN3CCOCC3)CC2=O)cc1. The van der Waals surface area contributed by atoms with Gasteiger partial charge in [0.1, 0.15) is 0 Å². The first-order valence-electron chi connectivity index (χ1n) is 9.08. The standard InChI is InChI=1S/C19H27N3O3/c1-15-3-5-17(6-4-15)22-14-16(13-18(22)23)19(24)20-7-2-8-21-9-11-25-12-10-21/h3-6,16H,2,7-14H2,1H3,(H,20,24). The van der Waals surface area contributed by atoms with Gasteiger partial charge in [-0.1, -0.05) is 17.7 Å². The Morgan fingerprint density at radius 1 is 1.24 bits per heavy atom. The summed E-state index contributed by atoms with van der Waals surface area (Å²) < 4.78 is 5.33. The van der Waals surface area contributed by atoms with Gasteiger partial charge in [-0.2, -0.15) is 0 Å². The van der Waals surface area contributed by atoms with E-state index >= 15 is 0 Å². The second kappa shape index (κ2) is 8.45. The predicted octanol–water partition coefficient (Wildman–Crippen LogP) is 1.19. The molecule has 2 saturated heterocycles. The fraction of sp³-hybridized carbons (Fsp3) is 0.579. The lowest BCUT2D eigenvalue weighted by Crippen LogP contribution is -2.39. The van der Waals surface area contributed by atoms with Crippen LogP contribution in [-0.4, -0.2) is 62.7 Å². The molecule has 2 aliphatic heterocycles. The summed E-state index contributed by atoms with van der Waals surface area (Å²) in [5.74, 6) is -0.237. The van der Waals surface area contributed by atoms with Crippen molar-refractivity contribution in [3.63, 3.8) is 0 Å². The van der Waals surface area contributed by atoms with Crippen LogP contribution in [0, 0.1) is 12.8 Å². The van der Waals surface area contributed by atoms with Crippen molar-refractivity contribution in [2.45, 2.75) is 19.8 Å². The number of hydrogen-bond acceptors (Lipinski definition) is 4. The maximum atomic E-state index is 12.3. The Morgan fingerprint density at radius 2 is 1.96 bits per heavy atom. The Hall–Kier alpha value is -1.92. The number of ether oxygens (including phenoxy) is 1. The molecular weight excluding hydrogens is 318 g/mol. The van der Waals surface area contributed by atoms with Crippen LogP contribution in [0.15, 0.2) is 24.3 Å². The van der Waals surface area contributed by atoms with Gasteiger partial charge >= 0.3 is 0 Å². The Kier molecular flexibility index (Phi) is 6.04. The van der Waals surface area contributed by atoms with E-state index in [-0.39, 0.29) is 17.7 Å². The first-order chi connectivity index (χ1) is 12.1. The zero-order chi connectivity index (χ0) is 17.6. The van der Waals surface area contributed by atoms with Crippen LogP contribution >= 0.6 is 0 Å². The maximum absolute atomic E-state index is 12.3. The molecule has 1 unspecified atom stereocenters. The molecule has 136 valence electrons. The fourth-order valence-electron chi connectivity index (χ4n) is 3.34. The van der Waals surface area contributed by atoms with E-state index < -0.39 is 0 Å². The average Bonchev–Trinajstić information content (AvgIpc) is 3.02. The van der Waals surface area contributed by atoms with Crippen molar-refractivity contribution in [2.75, 3.05) is 50.8 Å². The van der Waals surface area contributed by atoms with E-state index in [1.54, 1.807) is 4.90 Å². The van der Waals surface area contributed by atoms with Crippen LogP contribution in [0.2, 0.25) is 0 Å². The van der Waals surface area contributed by atoms with E-state index in [9.17, 15) is 9.59 Å². The zero-order valence-corrected chi connectivity index (χ0v) is 14.9. The van der Waals surface area contributed by atoms with Crippen molar-refractivity contribution in [2.24, 2.45) is 5.92 Å². The largest absolute Gasteiger partial charge is 0.379 e. The number of carbonyl (C=O) groups excluding carboxylic acids is 2. The van der Waals surface area contributed by atoms with Crippen molar-refractivity contribution in [3.05, 3.63) is 29.8 Å². The smallest absolute Gasteiger partial charge is 0.227 e. The van der Waals surface area contributed by atoms with Gasteiger partial charge < -0.3 is 15.0 Å². The summed E-state index contributed by atoms with van der Waals surface area (Å²) in [6.07, 6.45) is 1.22. The molecule has 6 nitrogen and oxygen atoms in total. The Balaban J connectivity index is 1.42. The summed E-state index contributed by atoms with van der Waals surface area (Å²) in [7, 11) is 0. The lowest BCUT2D eigenvalue weighted by molar-refractivity contribution is -0.126. The molecule has 0 aromatic heterocycles. The van der Waals surface area contributed by atoms with Crippen molar-refractivity contribution >= 4 is 17.5 Å². The Morgan fingerprint density at radius 3 is 2.68 bits per heavy atom. The number of benzene rings is 1. The van der Waals surface area contributed by atoms with Crippen molar-refractivity contribution in [3.8, 4) is 0 Å². The van der Waals surface area contributed by atoms with Gasteiger partial charge in [-0.25, -0.2) is 0 Å². The molecule has 1 N–H and O–H groups in total. The first kappa shape index (κ1) is 17.9. The van der Waals surface area contributed by atoms with E-state index in [1.165, 1.54) is 0 Å². The number of amides is 2. The fourth-order valence-corrected chi connectivity index (χ4v) is 3.34. The summed E-state index contributed by atoms with van der Waals surface area (Å²) in [6.45, 7) is 7.65. The molecule has 1 aromatic rings. The van der Waals surface area contributed by atoms with Crippen molar-refractivity contribution in [1.29, 1.82) is 0 Å². The molecule has 3 rings (SSSR count). The van der Waals surface area contributed by atoms with E-state index in [0.717, 1.165) is 50.5 Å². The second-order valence-corrected chi connectivity index (χ2v) is 6.84. The lowest BCUT2D eigenvalue weighted by Gasteiger charge is -2.26. The molecule has 1 aromatic carbocycles. The molecule has 6 heteroatoms. The number of morpholine rings is 1.